The Balaban J connectivity index is 1.27. The van der Waals surface area contributed by atoms with Crippen LogP contribution in [-0.4, -0.2) is 76.0 Å². The summed E-state index contributed by atoms with van der Waals surface area (Å²) in [5.74, 6) is -1.19. The van der Waals surface area contributed by atoms with Crippen molar-refractivity contribution < 1.29 is 37.4 Å². The molecule has 3 fully saturated rings. The Labute approximate surface area is 263 Å². The van der Waals surface area contributed by atoms with E-state index in [0.717, 1.165) is 30.3 Å². The molecule has 240 valence electrons. The molecule has 1 spiro atoms. The molecule has 1 aromatic carbocycles. The van der Waals surface area contributed by atoms with Crippen molar-refractivity contribution in [3.8, 4) is 0 Å². The monoisotopic (exact) mass is 645 g/mol. The SMILES string of the molecule is O=CC1(CO)CC=C(c2nn(C(=O)c3c(Cl)cccc3C3(C(F)(F)F)CC3)c3c2CCC(C(=O)N2CC4(CCCO4)C2)C3)CC1. The van der Waals surface area contributed by atoms with Crippen molar-refractivity contribution >= 4 is 35.3 Å². The molecule has 2 aliphatic heterocycles. The van der Waals surface area contributed by atoms with E-state index >= 15 is 0 Å². The highest BCUT2D eigenvalue weighted by molar-refractivity contribution is 6.34. The first-order chi connectivity index (χ1) is 21.5. The zero-order valence-electron chi connectivity index (χ0n) is 24.8. The number of allylic oxidation sites excluding steroid dienone is 2. The topological polar surface area (TPSA) is 102 Å². The maximum atomic E-state index is 14.3. The highest BCUT2D eigenvalue weighted by Gasteiger charge is 2.65. The number of carbonyl (C=O) groups is 3. The van der Waals surface area contributed by atoms with Gasteiger partial charge in [-0.05, 0) is 75.0 Å². The van der Waals surface area contributed by atoms with Crippen molar-refractivity contribution in [2.45, 2.75) is 81.4 Å². The minimum atomic E-state index is -4.55. The number of halogens is 4. The fourth-order valence-electron chi connectivity index (χ4n) is 7.81. The first kappa shape index (κ1) is 30.6. The Bertz CT molecular complexity index is 1600. The molecular weight excluding hydrogens is 611 g/mol. The van der Waals surface area contributed by atoms with Gasteiger partial charge in [0.1, 0.15) is 11.9 Å². The van der Waals surface area contributed by atoms with Crippen molar-refractivity contribution in [1.29, 1.82) is 0 Å². The van der Waals surface area contributed by atoms with Gasteiger partial charge in [0, 0.05) is 24.5 Å². The number of ether oxygens (including phenoxy) is 1. The van der Waals surface area contributed by atoms with Crippen LogP contribution in [0.1, 0.15) is 84.2 Å². The summed E-state index contributed by atoms with van der Waals surface area (Å²) < 4.78 is 49.9. The van der Waals surface area contributed by atoms with Crippen molar-refractivity contribution in [2.24, 2.45) is 11.3 Å². The van der Waals surface area contributed by atoms with Gasteiger partial charge in [-0.15, -0.1) is 0 Å². The Morgan fingerprint density at radius 2 is 1.93 bits per heavy atom. The van der Waals surface area contributed by atoms with Gasteiger partial charge in [0.2, 0.25) is 5.91 Å². The van der Waals surface area contributed by atoms with Crippen LogP contribution in [0.5, 0.6) is 0 Å². The number of hydrogen-bond donors (Lipinski definition) is 1. The maximum Gasteiger partial charge on any atom is 0.398 e. The van der Waals surface area contributed by atoms with E-state index in [4.69, 9.17) is 21.4 Å². The molecule has 2 aromatic rings. The molecule has 5 aliphatic rings. The van der Waals surface area contributed by atoms with Gasteiger partial charge in [0.25, 0.3) is 5.91 Å². The second-order valence-electron chi connectivity index (χ2n) is 13.6. The Morgan fingerprint density at radius 3 is 2.53 bits per heavy atom. The van der Waals surface area contributed by atoms with Crippen LogP contribution in [0.2, 0.25) is 5.02 Å². The predicted molar refractivity (Wildman–Crippen MR) is 158 cm³/mol. The third kappa shape index (κ3) is 4.88. The van der Waals surface area contributed by atoms with E-state index in [2.05, 4.69) is 0 Å². The predicted octanol–water partition coefficient (Wildman–Crippen LogP) is 5.06. The first-order valence-electron chi connectivity index (χ1n) is 15.7. The number of benzene rings is 1. The van der Waals surface area contributed by atoms with E-state index in [1.165, 1.54) is 22.9 Å². The van der Waals surface area contributed by atoms with Crippen LogP contribution < -0.4 is 0 Å². The number of hydrogen-bond acceptors (Lipinski definition) is 6. The number of alkyl halides is 3. The number of amides is 1. The lowest BCUT2D eigenvalue weighted by Crippen LogP contribution is -2.64. The van der Waals surface area contributed by atoms with E-state index in [1.807, 2.05) is 6.08 Å². The maximum absolute atomic E-state index is 14.3. The summed E-state index contributed by atoms with van der Waals surface area (Å²) in [6, 6.07) is 4.17. The van der Waals surface area contributed by atoms with E-state index < -0.39 is 28.8 Å². The Morgan fingerprint density at radius 1 is 1.16 bits per heavy atom. The fraction of sp³-hybridized carbons (Fsp3) is 0.576. The van der Waals surface area contributed by atoms with E-state index in [0.29, 0.717) is 63.2 Å². The van der Waals surface area contributed by atoms with Crippen LogP contribution in [0.3, 0.4) is 0 Å². The summed E-state index contributed by atoms with van der Waals surface area (Å²) in [7, 11) is 0. The fourth-order valence-corrected chi connectivity index (χ4v) is 8.07. The number of fused-ring (bicyclic) bond motifs is 1. The quantitative estimate of drug-likeness (QED) is 0.441. The molecule has 0 bridgehead atoms. The molecule has 45 heavy (non-hydrogen) atoms. The number of likely N-dealkylation sites (tertiary alicyclic amines) is 1. The molecule has 7 rings (SSSR count). The molecule has 1 aromatic heterocycles. The number of carbonyl (C=O) groups excluding carboxylic acids is 3. The Hall–Kier alpha value is -3.02. The van der Waals surface area contributed by atoms with Crippen molar-refractivity contribution in [1.82, 2.24) is 14.7 Å². The molecule has 8 nitrogen and oxygen atoms in total. The second-order valence-corrected chi connectivity index (χ2v) is 14.0. The van der Waals surface area contributed by atoms with Gasteiger partial charge in [-0.1, -0.05) is 29.8 Å². The third-order valence-electron chi connectivity index (χ3n) is 10.8. The number of nitrogens with zero attached hydrogens (tertiary/aromatic N) is 3. The largest absolute Gasteiger partial charge is 0.398 e. The number of rotatable bonds is 6. The summed E-state index contributed by atoms with van der Waals surface area (Å²) in [5, 5.41) is 14.5. The van der Waals surface area contributed by atoms with E-state index in [1.54, 1.807) is 4.90 Å². The minimum Gasteiger partial charge on any atom is -0.395 e. The lowest BCUT2D eigenvalue weighted by atomic mass is 9.75. The first-order valence-corrected chi connectivity index (χ1v) is 16.0. The minimum absolute atomic E-state index is 0.0217. The molecule has 3 aliphatic carbocycles. The van der Waals surface area contributed by atoms with Crippen LogP contribution in [0, 0.1) is 11.3 Å². The normalized spacial score (nSPS) is 26.6. The zero-order valence-corrected chi connectivity index (χ0v) is 25.6. The molecular formula is C33H35ClF3N3O5. The van der Waals surface area contributed by atoms with Crippen molar-refractivity contribution in [3.63, 3.8) is 0 Å². The molecule has 12 heteroatoms. The molecule has 1 amide bonds. The second kappa shape index (κ2) is 10.8. The van der Waals surface area contributed by atoms with Gasteiger partial charge in [-0.25, -0.2) is 0 Å². The molecule has 2 atom stereocenters. The number of aliphatic hydroxyl groups excluding tert-OH is 1. The van der Waals surface area contributed by atoms with E-state index in [9.17, 15) is 32.7 Å². The van der Waals surface area contributed by atoms with Crippen molar-refractivity contribution in [3.05, 3.63) is 57.4 Å². The summed E-state index contributed by atoms with van der Waals surface area (Å²) in [4.78, 5) is 41.5. The standard InChI is InChI=1S/C33H35ClF3N3O5/c34-24-4-1-3-23(32(12-13-32)33(35,36)37)26(24)29(44)40-25-15-21(28(43)39-16-31(17-39)9-2-14-45-31)5-6-22(25)27(38-40)20-7-10-30(18-41,19-42)11-8-20/h1,3-4,7,18,21,42H,2,5-6,8-17,19H2. The van der Waals surface area contributed by atoms with E-state index in [-0.39, 0.29) is 53.5 Å². The van der Waals surface area contributed by atoms with Crippen LogP contribution in [0.4, 0.5) is 13.2 Å². The third-order valence-corrected chi connectivity index (χ3v) is 11.1. The van der Waals surface area contributed by atoms with Crippen LogP contribution in [-0.2, 0) is 32.6 Å². The zero-order chi connectivity index (χ0) is 31.8. The molecule has 0 radical (unpaired) electrons. The molecule has 2 saturated heterocycles. The number of aliphatic hydroxyl groups is 1. The molecule has 2 unspecified atom stereocenters. The van der Waals surface area contributed by atoms with Crippen LogP contribution in [0.15, 0.2) is 24.3 Å². The molecule has 1 saturated carbocycles. The van der Waals surface area contributed by atoms with Gasteiger partial charge in [-0.2, -0.15) is 23.0 Å². The smallest absolute Gasteiger partial charge is 0.395 e. The van der Waals surface area contributed by atoms with Crippen LogP contribution in [0.25, 0.3) is 5.57 Å². The molecule has 1 N–H and O–H groups in total. The van der Waals surface area contributed by atoms with Gasteiger partial charge in [0.05, 0.1) is 52.5 Å². The van der Waals surface area contributed by atoms with Gasteiger partial charge < -0.3 is 19.5 Å². The average Bonchev–Trinajstić information content (AvgIpc) is 3.55. The highest BCUT2D eigenvalue weighted by atomic mass is 35.5. The summed E-state index contributed by atoms with van der Waals surface area (Å²) in [6.07, 6.45) is 2.06. The molecule has 3 heterocycles. The summed E-state index contributed by atoms with van der Waals surface area (Å²) in [6.45, 7) is 1.49. The van der Waals surface area contributed by atoms with Gasteiger partial charge in [-0.3, -0.25) is 9.59 Å². The lowest BCUT2D eigenvalue weighted by Gasteiger charge is -2.48. The number of aromatic nitrogens is 2. The lowest BCUT2D eigenvalue weighted by molar-refractivity contribution is -0.162. The Kier molecular flexibility index (Phi) is 7.33. The van der Waals surface area contributed by atoms with Crippen molar-refractivity contribution in [2.75, 3.05) is 26.3 Å². The van der Waals surface area contributed by atoms with Gasteiger partial charge in [0.15, 0.2) is 0 Å². The van der Waals surface area contributed by atoms with Gasteiger partial charge >= 0.3 is 6.18 Å². The highest BCUT2D eigenvalue weighted by Crippen LogP contribution is 2.60. The summed E-state index contributed by atoms with van der Waals surface area (Å²) >= 11 is 6.50. The number of aldehydes is 1. The van der Waals surface area contributed by atoms with Crippen LogP contribution >= 0.6 is 11.6 Å². The summed E-state index contributed by atoms with van der Waals surface area (Å²) in [5.41, 5.74) is -0.992. The average molecular weight is 646 g/mol.